The number of likely N-dealkylation sites (tertiary alicyclic amines) is 1. The van der Waals surface area contributed by atoms with E-state index in [9.17, 15) is 13.9 Å². The van der Waals surface area contributed by atoms with Gasteiger partial charge in [0.25, 0.3) is 5.92 Å². The van der Waals surface area contributed by atoms with Crippen LogP contribution in [0, 0.1) is 5.41 Å². The molecule has 4 rings (SSSR count). The average molecular weight is 416 g/mol. The summed E-state index contributed by atoms with van der Waals surface area (Å²) in [4.78, 5) is 8.13. The zero-order chi connectivity index (χ0) is 21.7. The lowest BCUT2D eigenvalue weighted by atomic mass is 9.62. The molecule has 0 unspecified atom stereocenters. The third-order valence-corrected chi connectivity index (χ3v) is 6.76. The molecule has 1 N–H and O–H groups in total. The molecule has 1 aromatic carbocycles. The Balaban J connectivity index is 1.77. The van der Waals surface area contributed by atoms with E-state index in [0.29, 0.717) is 17.3 Å². The van der Waals surface area contributed by atoms with E-state index in [-0.39, 0.29) is 19.5 Å². The molecule has 0 radical (unpaired) electrons. The molecular weight excluding hydrogens is 384 g/mol. The molecule has 162 valence electrons. The maximum absolute atomic E-state index is 13.8. The number of pyridine rings is 1. The number of halogens is 2. The first-order valence-corrected chi connectivity index (χ1v) is 10.6. The fourth-order valence-electron chi connectivity index (χ4n) is 5.09. The largest absolute Gasteiger partial charge is 0.380 e. The van der Waals surface area contributed by atoms with Crippen molar-refractivity contribution >= 4 is 5.82 Å². The SMILES string of the molecule is CC(C)c1ccc([C@](O)(c2ccnc(N3CCC(F)(F)C3)c2)C2(C)CN(C)C2)cc1. The number of rotatable bonds is 5. The van der Waals surface area contributed by atoms with E-state index in [2.05, 4.69) is 42.8 Å². The highest BCUT2D eigenvalue weighted by Gasteiger charge is 2.55. The lowest BCUT2D eigenvalue weighted by Gasteiger charge is -2.56. The Labute approximate surface area is 177 Å². The smallest absolute Gasteiger partial charge is 0.266 e. The average Bonchev–Trinajstić information content (AvgIpc) is 3.06. The maximum Gasteiger partial charge on any atom is 0.266 e. The minimum absolute atomic E-state index is 0.164. The zero-order valence-electron chi connectivity index (χ0n) is 18.2. The zero-order valence-corrected chi connectivity index (χ0v) is 18.2. The number of aromatic nitrogens is 1. The maximum atomic E-state index is 13.8. The summed E-state index contributed by atoms with van der Waals surface area (Å²) in [5, 5.41) is 12.2. The molecule has 3 heterocycles. The van der Waals surface area contributed by atoms with Gasteiger partial charge in [0.15, 0.2) is 0 Å². The van der Waals surface area contributed by atoms with Gasteiger partial charge in [-0.25, -0.2) is 13.8 Å². The van der Waals surface area contributed by atoms with Gasteiger partial charge in [0.05, 0.1) is 6.54 Å². The second-order valence-corrected chi connectivity index (χ2v) is 9.65. The van der Waals surface area contributed by atoms with Crippen LogP contribution in [-0.2, 0) is 5.60 Å². The van der Waals surface area contributed by atoms with Crippen LogP contribution >= 0.6 is 0 Å². The first-order valence-electron chi connectivity index (χ1n) is 10.6. The van der Waals surface area contributed by atoms with Gasteiger partial charge in [-0.3, -0.25) is 0 Å². The van der Waals surface area contributed by atoms with Crippen molar-refractivity contribution < 1.29 is 13.9 Å². The Morgan fingerprint density at radius 3 is 2.27 bits per heavy atom. The Hall–Kier alpha value is -2.05. The molecule has 30 heavy (non-hydrogen) atoms. The highest BCUT2D eigenvalue weighted by atomic mass is 19.3. The first-order chi connectivity index (χ1) is 14.0. The molecule has 2 aliphatic rings. The molecule has 0 saturated carbocycles. The van der Waals surface area contributed by atoms with E-state index < -0.39 is 16.9 Å². The van der Waals surface area contributed by atoms with Crippen molar-refractivity contribution in [3.05, 3.63) is 59.3 Å². The van der Waals surface area contributed by atoms with Gasteiger partial charge < -0.3 is 14.9 Å². The molecule has 2 aromatic rings. The van der Waals surface area contributed by atoms with Gasteiger partial charge >= 0.3 is 0 Å². The van der Waals surface area contributed by atoms with Crippen LogP contribution in [0.2, 0.25) is 0 Å². The van der Waals surface area contributed by atoms with Crippen LogP contribution in [0.3, 0.4) is 0 Å². The molecule has 2 aliphatic heterocycles. The van der Waals surface area contributed by atoms with Crippen molar-refractivity contribution in [1.82, 2.24) is 9.88 Å². The highest BCUT2D eigenvalue weighted by molar-refractivity contribution is 5.49. The van der Waals surface area contributed by atoms with Crippen molar-refractivity contribution in [3.63, 3.8) is 0 Å². The molecule has 1 aromatic heterocycles. The molecule has 0 amide bonds. The summed E-state index contributed by atoms with van der Waals surface area (Å²) >= 11 is 0. The summed E-state index contributed by atoms with van der Waals surface area (Å²) in [6.45, 7) is 7.81. The van der Waals surface area contributed by atoms with Gasteiger partial charge in [-0.05, 0) is 41.8 Å². The quantitative estimate of drug-likeness (QED) is 0.793. The summed E-state index contributed by atoms with van der Waals surface area (Å²) in [6, 6.07) is 11.8. The predicted octanol–water partition coefficient (Wildman–Crippen LogP) is 4.24. The lowest BCUT2D eigenvalue weighted by molar-refractivity contribution is -0.127. The molecule has 2 saturated heterocycles. The molecule has 0 aliphatic carbocycles. The van der Waals surface area contributed by atoms with Crippen LogP contribution in [0.1, 0.15) is 49.8 Å². The van der Waals surface area contributed by atoms with E-state index in [1.165, 1.54) is 5.56 Å². The fraction of sp³-hybridized carbons (Fsp3) is 0.542. The van der Waals surface area contributed by atoms with E-state index in [0.717, 1.165) is 18.7 Å². The number of anilines is 1. The predicted molar refractivity (Wildman–Crippen MR) is 115 cm³/mol. The number of hydrogen-bond acceptors (Lipinski definition) is 4. The second-order valence-electron chi connectivity index (χ2n) is 9.65. The number of aliphatic hydroxyl groups is 1. The van der Waals surface area contributed by atoms with Gasteiger partial charge in [0.2, 0.25) is 0 Å². The Morgan fingerprint density at radius 1 is 1.07 bits per heavy atom. The van der Waals surface area contributed by atoms with E-state index in [1.807, 2.05) is 25.2 Å². The van der Waals surface area contributed by atoms with Crippen molar-refractivity contribution in [2.75, 3.05) is 38.1 Å². The highest BCUT2D eigenvalue weighted by Crippen LogP contribution is 2.50. The number of alkyl halides is 2. The number of benzene rings is 1. The molecule has 1 atom stereocenters. The first kappa shape index (κ1) is 21.2. The van der Waals surface area contributed by atoms with Gasteiger partial charge in [-0.2, -0.15) is 0 Å². The van der Waals surface area contributed by atoms with Crippen LogP contribution in [-0.4, -0.2) is 54.1 Å². The van der Waals surface area contributed by atoms with Crippen LogP contribution in [0.25, 0.3) is 0 Å². The Bertz CT molecular complexity index is 909. The van der Waals surface area contributed by atoms with E-state index >= 15 is 0 Å². The number of nitrogens with zero attached hydrogens (tertiary/aromatic N) is 3. The third-order valence-electron chi connectivity index (χ3n) is 6.76. The van der Waals surface area contributed by atoms with Gasteiger partial charge in [0, 0.05) is 37.7 Å². The summed E-state index contributed by atoms with van der Waals surface area (Å²) in [5.41, 5.74) is 1.11. The minimum Gasteiger partial charge on any atom is -0.380 e. The van der Waals surface area contributed by atoms with Crippen molar-refractivity contribution in [1.29, 1.82) is 0 Å². The Kier molecular flexibility index (Phi) is 5.14. The molecular formula is C24H31F2N3O. The molecule has 2 fully saturated rings. The van der Waals surface area contributed by atoms with Crippen LogP contribution in [0.4, 0.5) is 14.6 Å². The van der Waals surface area contributed by atoms with Crippen LogP contribution < -0.4 is 4.90 Å². The van der Waals surface area contributed by atoms with E-state index in [4.69, 9.17) is 0 Å². The van der Waals surface area contributed by atoms with Crippen molar-refractivity contribution in [2.24, 2.45) is 5.41 Å². The standard InChI is InChI=1S/C24H31F2N3O/c1-17(2)18-5-7-19(8-6-18)24(30,22(3)14-28(4)15-22)20-9-11-27-21(13-20)29-12-10-23(25,26)16-29/h5-9,11,13,17,30H,10,12,14-16H2,1-4H3/t24-/m0/s1. The van der Waals surface area contributed by atoms with E-state index in [1.54, 1.807) is 17.2 Å². The summed E-state index contributed by atoms with van der Waals surface area (Å²) < 4.78 is 27.5. The van der Waals surface area contributed by atoms with Crippen LogP contribution in [0.5, 0.6) is 0 Å². The minimum atomic E-state index is -2.69. The summed E-state index contributed by atoms with van der Waals surface area (Å²) in [7, 11) is 2.04. The molecule has 4 nitrogen and oxygen atoms in total. The molecule has 0 bridgehead atoms. The monoisotopic (exact) mass is 415 g/mol. The summed E-state index contributed by atoms with van der Waals surface area (Å²) in [6.07, 6.45) is 1.46. The fourth-order valence-corrected chi connectivity index (χ4v) is 5.09. The van der Waals surface area contributed by atoms with Crippen LogP contribution in [0.15, 0.2) is 42.6 Å². The normalized spacial score (nSPS) is 22.7. The van der Waals surface area contributed by atoms with Crippen molar-refractivity contribution in [2.45, 2.75) is 44.6 Å². The topological polar surface area (TPSA) is 39.6 Å². The third kappa shape index (κ3) is 3.50. The summed E-state index contributed by atoms with van der Waals surface area (Å²) in [5.74, 6) is -1.79. The van der Waals surface area contributed by atoms with Gasteiger partial charge in [-0.15, -0.1) is 0 Å². The molecule has 0 spiro atoms. The Morgan fingerprint density at radius 2 is 1.73 bits per heavy atom. The van der Waals surface area contributed by atoms with Crippen molar-refractivity contribution in [3.8, 4) is 0 Å². The molecule has 6 heteroatoms. The van der Waals surface area contributed by atoms with Gasteiger partial charge in [0.1, 0.15) is 11.4 Å². The number of hydrogen-bond donors (Lipinski definition) is 1. The lowest BCUT2D eigenvalue weighted by Crippen LogP contribution is -2.63. The van der Waals surface area contributed by atoms with Gasteiger partial charge in [-0.1, -0.05) is 45.0 Å². The second kappa shape index (κ2) is 7.27.